The van der Waals surface area contributed by atoms with Gasteiger partial charge in [0.15, 0.2) is 0 Å². The summed E-state index contributed by atoms with van der Waals surface area (Å²) in [4.78, 5) is 0. The maximum Gasteiger partial charge on any atom is -0.00567 e. The summed E-state index contributed by atoms with van der Waals surface area (Å²) in [5.41, 5.74) is 4.55. The molecule has 0 saturated carbocycles. The lowest BCUT2D eigenvalue weighted by Crippen LogP contribution is -1.92. The summed E-state index contributed by atoms with van der Waals surface area (Å²) in [7, 11) is 0. The van der Waals surface area contributed by atoms with Crippen LogP contribution in [0.25, 0.3) is 0 Å². The minimum atomic E-state index is 0.694. The first-order valence-corrected chi connectivity index (χ1v) is 3.40. The van der Waals surface area contributed by atoms with E-state index < -0.39 is 0 Å². The van der Waals surface area contributed by atoms with Gasteiger partial charge in [-0.05, 0) is 24.5 Å². The molecule has 0 bridgehead atoms. The van der Waals surface area contributed by atoms with Crippen LogP contribution in [-0.2, 0) is 0 Å². The summed E-state index contributed by atoms with van der Waals surface area (Å²) in [6.45, 7) is 4.44. The third-order valence-corrected chi connectivity index (χ3v) is 1.59. The zero-order valence-corrected chi connectivity index (χ0v) is 6.02. The van der Waals surface area contributed by atoms with E-state index in [2.05, 4.69) is 31.7 Å². The summed E-state index contributed by atoms with van der Waals surface area (Å²) < 4.78 is 0. The van der Waals surface area contributed by atoms with Gasteiger partial charge in [-0.2, -0.15) is 0 Å². The molecule has 0 heterocycles. The van der Waals surface area contributed by atoms with Crippen LogP contribution < -0.4 is 0 Å². The van der Waals surface area contributed by atoms with E-state index in [1.165, 1.54) is 5.57 Å². The van der Waals surface area contributed by atoms with Crippen molar-refractivity contribution in [3.8, 4) is 0 Å². The van der Waals surface area contributed by atoms with Gasteiger partial charge in [-0.1, -0.05) is 25.5 Å². The highest BCUT2D eigenvalue weighted by Crippen LogP contribution is 2.15. The zero-order valence-electron chi connectivity index (χ0n) is 6.02. The van der Waals surface area contributed by atoms with Crippen LogP contribution >= 0.6 is 0 Å². The van der Waals surface area contributed by atoms with Gasteiger partial charge in [-0.25, -0.2) is 0 Å². The van der Waals surface area contributed by atoms with E-state index >= 15 is 0 Å². The molecule has 0 amide bonds. The Hall–Kier alpha value is -0.740. The number of rotatable bonds is 1. The second-order valence-corrected chi connectivity index (χ2v) is 2.64. The maximum absolute atomic E-state index is 3.04. The molecule has 0 aromatic rings. The standard InChI is InChI=1S/C9H12/c1-8(2)9-6-4-3-5-7-9/h4-6,8H,7H2,1-2H3. The third-order valence-electron chi connectivity index (χ3n) is 1.59. The van der Waals surface area contributed by atoms with Gasteiger partial charge in [0, 0.05) is 0 Å². The third kappa shape index (κ3) is 1.58. The van der Waals surface area contributed by atoms with Crippen LogP contribution in [0.4, 0.5) is 0 Å². The van der Waals surface area contributed by atoms with Crippen molar-refractivity contribution in [1.29, 1.82) is 0 Å². The lowest BCUT2D eigenvalue weighted by atomic mass is 9.98. The summed E-state index contributed by atoms with van der Waals surface area (Å²) >= 11 is 0. The van der Waals surface area contributed by atoms with E-state index in [1.54, 1.807) is 0 Å². The predicted octanol–water partition coefficient (Wildman–Crippen LogP) is 2.68. The summed E-state index contributed by atoms with van der Waals surface area (Å²) in [6, 6.07) is 0. The van der Waals surface area contributed by atoms with Crippen molar-refractivity contribution >= 4 is 0 Å². The number of hydrogen-bond donors (Lipinski definition) is 0. The molecule has 1 rings (SSSR count). The van der Waals surface area contributed by atoms with Crippen molar-refractivity contribution in [3.05, 3.63) is 29.5 Å². The van der Waals surface area contributed by atoms with Crippen LogP contribution in [0.3, 0.4) is 0 Å². The van der Waals surface area contributed by atoms with Crippen molar-refractivity contribution in [1.82, 2.24) is 0 Å². The van der Waals surface area contributed by atoms with E-state index in [0.29, 0.717) is 5.92 Å². The number of allylic oxidation sites excluding steroid dienone is 3. The summed E-state index contributed by atoms with van der Waals surface area (Å²) in [5.74, 6) is 0.694. The van der Waals surface area contributed by atoms with Gasteiger partial charge in [0.2, 0.25) is 0 Å². The summed E-state index contributed by atoms with van der Waals surface area (Å²) in [5, 5.41) is 0. The van der Waals surface area contributed by atoms with Gasteiger partial charge in [-0.3, -0.25) is 0 Å². The fourth-order valence-electron chi connectivity index (χ4n) is 0.896. The zero-order chi connectivity index (χ0) is 6.69. The van der Waals surface area contributed by atoms with Crippen LogP contribution in [0.15, 0.2) is 29.5 Å². The molecule has 0 spiro atoms. The lowest BCUT2D eigenvalue weighted by molar-refractivity contribution is 0.746. The summed E-state index contributed by atoms with van der Waals surface area (Å²) in [6.07, 6.45) is 7.31. The Balaban J connectivity index is 2.66. The Morgan fingerprint density at radius 1 is 1.56 bits per heavy atom. The second-order valence-electron chi connectivity index (χ2n) is 2.64. The van der Waals surface area contributed by atoms with Gasteiger partial charge in [-0.15, -0.1) is 5.73 Å². The maximum atomic E-state index is 3.04. The molecular weight excluding hydrogens is 108 g/mol. The molecule has 1 aliphatic rings. The van der Waals surface area contributed by atoms with E-state index in [1.807, 2.05) is 6.08 Å². The van der Waals surface area contributed by atoms with Crippen LogP contribution in [-0.4, -0.2) is 0 Å². The average Bonchev–Trinajstić information content (AvgIpc) is 1.90. The van der Waals surface area contributed by atoms with Crippen molar-refractivity contribution in [3.63, 3.8) is 0 Å². The molecule has 0 aliphatic heterocycles. The molecule has 0 heteroatoms. The SMILES string of the molecule is CC(C)C1=CC=C=CC1. The first-order valence-electron chi connectivity index (χ1n) is 3.40. The fourth-order valence-corrected chi connectivity index (χ4v) is 0.896. The van der Waals surface area contributed by atoms with Crippen LogP contribution in [0.2, 0.25) is 0 Å². The molecule has 0 radical (unpaired) electrons. The molecule has 0 nitrogen and oxygen atoms in total. The molecule has 48 valence electrons. The van der Waals surface area contributed by atoms with Gasteiger partial charge < -0.3 is 0 Å². The highest BCUT2D eigenvalue weighted by Gasteiger charge is 2.00. The Morgan fingerprint density at radius 2 is 2.33 bits per heavy atom. The first kappa shape index (κ1) is 6.38. The van der Waals surface area contributed by atoms with E-state index in [0.717, 1.165) is 6.42 Å². The minimum Gasteiger partial charge on any atom is -0.125 e. The average molecular weight is 120 g/mol. The van der Waals surface area contributed by atoms with Crippen molar-refractivity contribution < 1.29 is 0 Å². The van der Waals surface area contributed by atoms with E-state index in [4.69, 9.17) is 0 Å². The normalized spacial score (nSPS) is 16.6. The predicted molar refractivity (Wildman–Crippen MR) is 40.2 cm³/mol. The van der Waals surface area contributed by atoms with Crippen LogP contribution in [0.5, 0.6) is 0 Å². The molecular formula is C9H12. The highest BCUT2D eigenvalue weighted by atomic mass is 14.0. The molecule has 9 heavy (non-hydrogen) atoms. The Morgan fingerprint density at radius 3 is 2.67 bits per heavy atom. The van der Waals surface area contributed by atoms with Gasteiger partial charge in [0.25, 0.3) is 0 Å². The molecule has 0 aromatic carbocycles. The van der Waals surface area contributed by atoms with Crippen molar-refractivity contribution in [2.75, 3.05) is 0 Å². The van der Waals surface area contributed by atoms with Crippen molar-refractivity contribution in [2.24, 2.45) is 5.92 Å². The Bertz CT molecular complexity index is 176. The molecule has 0 atom stereocenters. The van der Waals surface area contributed by atoms with Crippen LogP contribution in [0.1, 0.15) is 20.3 Å². The van der Waals surface area contributed by atoms with Crippen molar-refractivity contribution in [2.45, 2.75) is 20.3 Å². The van der Waals surface area contributed by atoms with Crippen LogP contribution in [0, 0.1) is 5.92 Å². The van der Waals surface area contributed by atoms with Gasteiger partial charge >= 0.3 is 0 Å². The first-order chi connectivity index (χ1) is 4.30. The molecule has 0 saturated heterocycles. The van der Waals surface area contributed by atoms with Gasteiger partial charge in [0.1, 0.15) is 0 Å². The van der Waals surface area contributed by atoms with Gasteiger partial charge in [0.05, 0.1) is 0 Å². The van der Waals surface area contributed by atoms with E-state index in [-0.39, 0.29) is 0 Å². The van der Waals surface area contributed by atoms with E-state index in [9.17, 15) is 0 Å². The monoisotopic (exact) mass is 120 g/mol. The molecule has 0 fully saturated rings. The lowest BCUT2D eigenvalue weighted by Gasteiger charge is -2.07. The highest BCUT2D eigenvalue weighted by molar-refractivity contribution is 5.20. The molecule has 0 N–H and O–H groups in total. The smallest absolute Gasteiger partial charge is 0.00567 e. The fraction of sp³-hybridized carbons (Fsp3) is 0.444. The largest absolute Gasteiger partial charge is 0.125 e. The molecule has 1 aliphatic carbocycles. The Labute approximate surface area is 56.6 Å². The molecule has 0 aromatic heterocycles. The second kappa shape index (κ2) is 2.70. The quantitative estimate of drug-likeness (QED) is 0.467. The minimum absolute atomic E-state index is 0.694. The Kier molecular flexibility index (Phi) is 1.92. The topological polar surface area (TPSA) is 0 Å². The number of hydrogen-bond acceptors (Lipinski definition) is 0. The molecule has 0 unspecified atom stereocenters.